The van der Waals surface area contributed by atoms with Crippen LogP contribution in [0.15, 0.2) is 30.5 Å². The topological polar surface area (TPSA) is 68.9 Å². The summed E-state index contributed by atoms with van der Waals surface area (Å²) in [7, 11) is 0. The van der Waals surface area contributed by atoms with Crippen molar-refractivity contribution >= 4 is 17.3 Å². The highest BCUT2D eigenvalue weighted by molar-refractivity contribution is 6.28. The third-order valence-electron chi connectivity index (χ3n) is 2.43. The number of nitrogens with zero attached hydrogens (tertiary/aromatic N) is 3. The third kappa shape index (κ3) is 2.55. The number of alkyl halides is 2. The van der Waals surface area contributed by atoms with Crippen LogP contribution in [0, 0.1) is 15.9 Å². The fourth-order valence-corrected chi connectivity index (χ4v) is 1.65. The average molecular weight is 304 g/mol. The zero-order chi connectivity index (χ0) is 14.9. The lowest BCUT2D eigenvalue weighted by atomic mass is 10.0. The van der Waals surface area contributed by atoms with Gasteiger partial charge < -0.3 is 0 Å². The van der Waals surface area contributed by atoms with Gasteiger partial charge in [0, 0.05) is 17.7 Å². The van der Waals surface area contributed by atoms with Gasteiger partial charge in [-0.1, -0.05) is 12.1 Å². The largest absolute Gasteiger partial charge is 0.318 e. The van der Waals surface area contributed by atoms with Gasteiger partial charge in [-0.3, -0.25) is 10.1 Å². The van der Waals surface area contributed by atoms with Crippen LogP contribution < -0.4 is 0 Å². The fourth-order valence-electron chi connectivity index (χ4n) is 1.52. The van der Waals surface area contributed by atoms with Crippen LogP contribution in [0.3, 0.4) is 0 Å². The lowest BCUT2D eigenvalue weighted by molar-refractivity contribution is -0.385. The van der Waals surface area contributed by atoms with Crippen molar-refractivity contribution in [3.8, 4) is 0 Å². The third-order valence-corrected chi connectivity index (χ3v) is 2.61. The molecule has 0 aliphatic carbocycles. The number of halogens is 4. The summed E-state index contributed by atoms with van der Waals surface area (Å²) in [5, 5.41) is 10.0. The molecule has 9 heteroatoms. The minimum absolute atomic E-state index is 0.510. The quantitative estimate of drug-likeness (QED) is 0.495. The molecule has 0 N–H and O–H groups in total. The summed E-state index contributed by atoms with van der Waals surface area (Å²) in [5.74, 6) is -5.23. The molecule has 0 bridgehead atoms. The molecule has 104 valence electrons. The standard InChI is InChI=1S/C11H5ClF3N3O2/c12-10-16-5-8(13)9(17-10)11(14,15)6-2-1-3-7(4-6)18(19)20/h1-5H. The number of rotatable bonds is 3. The number of benzene rings is 1. The van der Waals surface area contributed by atoms with Gasteiger partial charge in [0.15, 0.2) is 11.5 Å². The summed E-state index contributed by atoms with van der Waals surface area (Å²) in [4.78, 5) is 16.1. The summed E-state index contributed by atoms with van der Waals surface area (Å²) in [6.07, 6.45) is 0.510. The highest BCUT2D eigenvalue weighted by Crippen LogP contribution is 2.37. The molecule has 1 heterocycles. The summed E-state index contributed by atoms with van der Waals surface area (Å²) in [5.41, 5.74) is -2.54. The molecular formula is C11H5ClF3N3O2. The Kier molecular flexibility index (Phi) is 3.58. The van der Waals surface area contributed by atoms with E-state index in [1.54, 1.807) is 0 Å². The van der Waals surface area contributed by atoms with Gasteiger partial charge in [-0.05, 0) is 11.6 Å². The molecule has 0 spiro atoms. The Bertz CT molecular complexity index is 682. The van der Waals surface area contributed by atoms with Crippen LogP contribution in [0.2, 0.25) is 5.28 Å². The van der Waals surface area contributed by atoms with E-state index in [1.807, 2.05) is 0 Å². The molecule has 20 heavy (non-hydrogen) atoms. The highest BCUT2D eigenvalue weighted by Gasteiger charge is 2.40. The Labute approximate surface area is 115 Å². The number of nitro groups is 1. The van der Waals surface area contributed by atoms with Crippen LogP contribution in [0.25, 0.3) is 0 Å². The molecule has 0 aliphatic rings. The van der Waals surface area contributed by atoms with Gasteiger partial charge >= 0.3 is 5.92 Å². The second-order valence-corrected chi connectivity index (χ2v) is 4.06. The molecule has 0 saturated carbocycles. The fraction of sp³-hybridized carbons (Fsp3) is 0.0909. The smallest absolute Gasteiger partial charge is 0.258 e. The number of hydrogen-bond acceptors (Lipinski definition) is 4. The van der Waals surface area contributed by atoms with E-state index in [1.165, 1.54) is 0 Å². The minimum atomic E-state index is -3.87. The van der Waals surface area contributed by atoms with Crippen molar-refractivity contribution in [3.63, 3.8) is 0 Å². The molecule has 2 rings (SSSR count). The van der Waals surface area contributed by atoms with Crippen molar-refractivity contribution in [3.05, 3.63) is 62.9 Å². The Balaban J connectivity index is 2.57. The van der Waals surface area contributed by atoms with Gasteiger partial charge in [0.2, 0.25) is 5.28 Å². The lowest BCUT2D eigenvalue weighted by Gasteiger charge is -2.16. The molecule has 1 aromatic heterocycles. The maximum absolute atomic E-state index is 14.2. The first-order valence-electron chi connectivity index (χ1n) is 5.13. The first-order valence-corrected chi connectivity index (χ1v) is 5.51. The predicted octanol–water partition coefficient (Wildman–Crippen LogP) is 3.32. The van der Waals surface area contributed by atoms with Crippen LogP contribution in [0.4, 0.5) is 18.9 Å². The molecular weight excluding hydrogens is 299 g/mol. The Morgan fingerprint density at radius 1 is 1.35 bits per heavy atom. The van der Waals surface area contributed by atoms with Gasteiger partial charge in [-0.25, -0.2) is 14.4 Å². The first-order chi connectivity index (χ1) is 9.32. The summed E-state index contributed by atoms with van der Waals surface area (Å²) < 4.78 is 41.7. The molecule has 0 aliphatic heterocycles. The Morgan fingerprint density at radius 3 is 2.70 bits per heavy atom. The summed E-state index contributed by atoms with van der Waals surface area (Å²) in [6, 6.07) is 3.70. The number of non-ortho nitro benzene ring substituents is 1. The molecule has 0 amide bonds. The van der Waals surface area contributed by atoms with Crippen molar-refractivity contribution < 1.29 is 18.1 Å². The molecule has 0 fully saturated rings. The predicted molar refractivity (Wildman–Crippen MR) is 63.1 cm³/mol. The van der Waals surface area contributed by atoms with Gasteiger partial charge in [-0.2, -0.15) is 8.78 Å². The summed E-state index contributed by atoms with van der Waals surface area (Å²) >= 11 is 5.36. The number of hydrogen-bond donors (Lipinski definition) is 0. The highest BCUT2D eigenvalue weighted by atomic mass is 35.5. The summed E-state index contributed by atoms with van der Waals surface area (Å²) in [6.45, 7) is 0. The van der Waals surface area contributed by atoms with Crippen LogP contribution in [-0.4, -0.2) is 14.9 Å². The molecule has 0 atom stereocenters. The van der Waals surface area contributed by atoms with Crippen molar-refractivity contribution in [2.45, 2.75) is 5.92 Å². The van der Waals surface area contributed by atoms with Crippen LogP contribution in [0.5, 0.6) is 0 Å². The second-order valence-electron chi connectivity index (χ2n) is 3.72. The van der Waals surface area contributed by atoms with Crippen molar-refractivity contribution in [2.24, 2.45) is 0 Å². The molecule has 0 saturated heterocycles. The van der Waals surface area contributed by atoms with Crippen molar-refractivity contribution in [1.29, 1.82) is 0 Å². The molecule has 0 unspecified atom stereocenters. The van der Waals surface area contributed by atoms with Gasteiger partial charge in [0.25, 0.3) is 5.69 Å². The van der Waals surface area contributed by atoms with Gasteiger partial charge in [0.1, 0.15) is 0 Å². The molecule has 1 aromatic carbocycles. The van der Waals surface area contributed by atoms with Crippen molar-refractivity contribution in [2.75, 3.05) is 0 Å². The SMILES string of the molecule is O=[N+]([O-])c1cccc(C(F)(F)c2nc(Cl)ncc2F)c1. The van der Waals surface area contributed by atoms with Gasteiger partial charge in [0.05, 0.1) is 11.1 Å². The molecule has 2 aromatic rings. The van der Waals surface area contributed by atoms with E-state index < -0.39 is 38.9 Å². The van der Waals surface area contributed by atoms with E-state index in [4.69, 9.17) is 11.6 Å². The van der Waals surface area contributed by atoms with Crippen LogP contribution in [-0.2, 0) is 5.92 Å². The maximum Gasteiger partial charge on any atom is 0.318 e. The van der Waals surface area contributed by atoms with Crippen molar-refractivity contribution in [1.82, 2.24) is 9.97 Å². The molecule has 0 radical (unpaired) electrons. The number of aromatic nitrogens is 2. The second kappa shape index (κ2) is 5.04. The average Bonchev–Trinajstić information content (AvgIpc) is 2.41. The van der Waals surface area contributed by atoms with E-state index in [-0.39, 0.29) is 0 Å². The monoisotopic (exact) mass is 303 g/mol. The zero-order valence-corrected chi connectivity index (χ0v) is 10.3. The lowest BCUT2D eigenvalue weighted by Crippen LogP contribution is -2.20. The first kappa shape index (κ1) is 14.2. The Morgan fingerprint density at radius 2 is 2.05 bits per heavy atom. The van der Waals surface area contributed by atoms with E-state index >= 15 is 0 Å². The van der Waals surface area contributed by atoms with E-state index in [9.17, 15) is 23.3 Å². The van der Waals surface area contributed by atoms with E-state index in [0.29, 0.717) is 12.3 Å². The number of nitro benzene ring substituents is 1. The van der Waals surface area contributed by atoms with E-state index in [0.717, 1.165) is 18.2 Å². The zero-order valence-electron chi connectivity index (χ0n) is 9.56. The maximum atomic E-state index is 14.2. The van der Waals surface area contributed by atoms with E-state index in [2.05, 4.69) is 9.97 Å². The minimum Gasteiger partial charge on any atom is -0.258 e. The van der Waals surface area contributed by atoms with Gasteiger partial charge in [-0.15, -0.1) is 0 Å². The Hall–Kier alpha value is -2.22. The normalized spacial score (nSPS) is 11.4. The van der Waals surface area contributed by atoms with Crippen LogP contribution >= 0.6 is 11.6 Å². The molecule has 5 nitrogen and oxygen atoms in total. The van der Waals surface area contributed by atoms with Crippen LogP contribution in [0.1, 0.15) is 11.3 Å².